The van der Waals surface area contributed by atoms with Crippen LogP contribution < -0.4 is 5.73 Å². The van der Waals surface area contributed by atoms with E-state index in [1.807, 2.05) is 41.5 Å². The van der Waals surface area contributed by atoms with Crippen LogP contribution in [0.15, 0.2) is 68.6 Å². The Morgan fingerprint density at radius 3 is 2.06 bits per heavy atom. The van der Waals surface area contributed by atoms with Crippen molar-refractivity contribution in [3.8, 4) is 5.75 Å². The van der Waals surface area contributed by atoms with E-state index < -0.39 is 26.5 Å². The monoisotopic (exact) mass is 513 g/mol. The summed E-state index contributed by atoms with van der Waals surface area (Å²) >= 11 is 0.593. The van der Waals surface area contributed by atoms with Gasteiger partial charge in [0, 0.05) is 16.0 Å². The third kappa shape index (κ3) is 8.56. The van der Waals surface area contributed by atoms with E-state index in [0.717, 1.165) is 6.07 Å². The molecule has 0 aliphatic heterocycles. The number of hydrogen-bond donors (Lipinski definition) is 4. The van der Waals surface area contributed by atoms with Gasteiger partial charge in [0.05, 0.1) is 17.7 Å². The fourth-order valence-electron chi connectivity index (χ4n) is 2.49. The van der Waals surface area contributed by atoms with Crippen LogP contribution in [0, 0.1) is 0 Å². The molecule has 0 heterocycles. The van der Waals surface area contributed by atoms with Gasteiger partial charge in [-0.25, -0.2) is 5.26 Å². The number of anilines is 1. The van der Waals surface area contributed by atoms with Crippen molar-refractivity contribution in [3.05, 3.63) is 48.5 Å². The second kappa shape index (κ2) is 16.0. The summed E-state index contributed by atoms with van der Waals surface area (Å²) in [4.78, 5) is -0.323. The molecular formula is C22H31N3O7S2. The molecule has 0 aliphatic rings. The number of benzene rings is 3. The van der Waals surface area contributed by atoms with Crippen molar-refractivity contribution >= 4 is 50.0 Å². The Bertz CT molecular complexity index is 1160. The summed E-state index contributed by atoms with van der Waals surface area (Å²) in [6.45, 7) is 12.0. The summed E-state index contributed by atoms with van der Waals surface area (Å²) in [7, 11) is -4.75. The summed E-state index contributed by atoms with van der Waals surface area (Å²) in [5.74, 6) is -0.571. The molecule has 0 saturated heterocycles. The van der Waals surface area contributed by atoms with E-state index in [9.17, 15) is 18.1 Å². The maximum Gasteiger partial charge on any atom is 0.296 e. The van der Waals surface area contributed by atoms with Gasteiger partial charge in [0.15, 0.2) is 5.75 Å². The van der Waals surface area contributed by atoms with Crippen LogP contribution in [0.4, 0.5) is 17.1 Å². The molecule has 5 N–H and O–H groups in total. The van der Waals surface area contributed by atoms with Crippen molar-refractivity contribution in [2.45, 2.75) is 51.3 Å². The van der Waals surface area contributed by atoms with Crippen molar-refractivity contribution in [1.82, 2.24) is 0 Å². The van der Waals surface area contributed by atoms with Gasteiger partial charge in [0.2, 0.25) is 0 Å². The molecule has 188 valence electrons. The molecule has 0 aliphatic carbocycles. The molecule has 10 nitrogen and oxygen atoms in total. The highest BCUT2D eigenvalue weighted by atomic mass is 32.2. The lowest BCUT2D eigenvalue weighted by molar-refractivity contribution is -0.432. The first-order valence-corrected chi connectivity index (χ1v) is 12.7. The number of hydrogen-bond acceptors (Lipinski definition) is 10. The molecule has 0 fully saturated rings. The van der Waals surface area contributed by atoms with Gasteiger partial charge >= 0.3 is 0 Å². The molecule has 0 amide bonds. The van der Waals surface area contributed by atoms with Gasteiger partial charge < -0.3 is 10.8 Å². The predicted molar refractivity (Wildman–Crippen MR) is 135 cm³/mol. The van der Waals surface area contributed by atoms with Crippen LogP contribution in [0.3, 0.4) is 0 Å². The number of aromatic hydroxyl groups is 1. The molecule has 0 radical (unpaired) electrons. The van der Waals surface area contributed by atoms with Crippen molar-refractivity contribution in [2.24, 2.45) is 10.2 Å². The highest BCUT2D eigenvalue weighted by Crippen LogP contribution is 2.44. The van der Waals surface area contributed by atoms with Crippen LogP contribution in [0.25, 0.3) is 10.8 Å². The Morgan fingerprint density at radius 1 is 0.941 bits per heavy atom. The largest absolute Gasteiger partial charge is 0.505 e. The van der Waals surface area contributed by atoms with Crippen LogP contribution in [0.2, 0.25) is 0 Å². The molecule has 3 aromatic rings. The number of phenols is 1. The second-order valence-electron chi connectivity index (χ2n) is 5.42. The average Bonchev–Trinajstić information content (AvgIpc) is 2.85. The van der Waals surface area contributed by atoms with E-state index in [2.05, 4.69) is 19.6 Å². The number of rotatable bonds is 6. The molecular weight excluding hydrogens is 482 g/mol. The zero-order valence-electron chi connectivity index (χ0n) is 19.9. The van der Waals surface area contributed by atoms with Gasteiger partial charge in [0.1, 0.15) is 10.6 Å². The van der Waals surface area contributed by atoms with E-state index >= 15 is 0 Å². The Kier molecular flexibility index (Phi) is 14.7. The summed E-state index contributed by atoms with van der Waals surface area (Å²) in [5.41, 5.74) is 5.96. The molecule has 0 bridgehead atoms. The summed E-state index contributed by atoms with van der Waals surface area (Å²) in [6.07, 6.45) is 0. The molecule has 34 heavy (non-hydrogen) atoms. The molecule has 3 rings (SSSR count). The molecule has 0 aromatic heterocycles. The fraction of sp³-hybridized carbons (Fsp3) is 0.273. The summed E-state index contributed by atoms with van der Waals surface area (Å²) in [5, 5.41) is 30.3. The van der Waals surface area contributed by atoms with Gasteiger partial charge in [-0.1, -0.05) is 64.8 Å². The van der Waals surface area contributed by atoms with Crippen molar-refractivity contribution in [2.75, 3.05) is 5.73 Å². The minimum Gasteiger partial charge on any atom is -0.505 e. The summed E-state index contributed by atoms with van der Waals surface area (Å²) in [6, 6.07) is 12.3. The van der Waals surface area contributed by atoms with Gasteiger partial charge in [-0.05, 0) is 35.7 Å². The smallest absolute Gasteiger partial charge is 0.296 e. The third-order valence-electron chi connectivity index (χ3n) is 3.61. The van der Waals surface area contributed by atoms with Gasteiger partial charge in [-0.3, -0.25) is 4.55 Å². The lowest BCUT2D eigenvalue weighted by atomic mass is 10.1. The number of nitrogens with two attached hydrogens (primary N) is 1. The van der Waals surface area contributed by atoms with Crippen LogP contribution in [0.1, 0.15) is 41.5 Å². The lowest BCUT2D eigenvalue weighted by Crippen LogP contribution is -2.00. The SMILES string of the molecule is CC.CC.CC.Nc1cc(SOOO)cc2cc(S(=O)(=O)O)c(N=Nc3ccccc3)c(O)c12. The molecule has 0 unspecified atom stereocenters. The number of nitrogens with zero attached hydrogens (tertiary/aromatic N) is 2. The Morgan fingerprint density at radius 2 is 1.53 bits per heavy atom. The second-order valence-corrected chi connectivity index (χ2v) is 7.58. The van der Waals surface area contributed by atoms with Crippen molar-refractivity contribution in [3.63, 3.8) is 0 Å². The lowest BCUT2D eigenvalue weighted by Gasteiger charge is -2.12. The predicted octanol–water partition coefficient (Wildman–Crippen LogP) is 7.30. The van der Waals surface area contributed by atoms with Crippen LogP contribution >= 0.6 is 12.0 Å². The van der Waals surface area contributed by atoms with Gasteiger partial charge in [0.25, 0.3) is 10.1 Å². The fourth-order valence-corrected chi connectivity index (χ4v) is 3.61. The van der Waals surface area contributed by atoms with E-state index in [1.165, 1.54) is 12.1 Å². The van der Waals surface area contributed by atoms with E-state index in [4.69, 9.17) is 11.0 Å². The van der Waals surface area contributed by atoms with Crippen LogP contribution in [-0.2, 0) is 19.5 Å². The molecule has 0 spiro atoms. The highest BCUT2D eigenvalue weighted by molar-refractivity contribution is 7.94. The molecule has 12 heteroatoms. The normalized spacial score (nSPS) is 10.5. The third-order valence-corrected chi connectivity index (χ3v) is 5.04. The van der Waals surface area contributed by atoms with Crippen LogP contribution in [-0.4, -0.2) is 23.3 Å². The number of phenolic OH excluding ortho intramolecular Hbond substituents is 1. The minimum atomic E-state index is -4.75. The molecule has 0 atom stereocenters. The average molecular weight is 514 g/mol. The van der Waals surface area contributed by atoms with Crippen LogP contribution in [0.5, 0.6) is 5.75 Å². The quantitative estimate of drug-likeness (QED) is 0.0661. The number of nitrogen functional groups attached to an aromatic ring is 1. The molecule has 3 aromatic carbocycles. The zero-order valence-corrected chi connectivity index (χ0v) is 21.5. The first-order chi connectivity index (χ1) is 16.3. The first-order valence-electron chi connectivity index (χ1n) is 10.5. The van der Waals surface area contributed by atoms with E-state index in [0.29, 0.717) is 22.6 Å². The maximum atomic E-state index is 11.8. The number of fused-ring (bicyclic) bond motifs is 1. The van der Waals surface area contributed by atoms with E-state index in [1.54, 1.807) is 30.3 Å². The molecule has 0 saturated carbocycles. The van der Waals surface area contributed by atoms with Crippen molar-refractivity contribution < 1.29 is 32.7 Å². The minimum absolute atomic E-state index is 0.0667. The topological polar surface area (TPSA) is 164 Å². The highest BCUT2D eigenvalue weighted by Gasteiger charge is 2.23. The maximum absolute atomic E-state index is 11.8. The zero-order chi connectivity index (χ0) is 26.3. The Labute approximate surface area is 204 Å². The Hall–Kier alpha value is -2.74. The number of azo groups is 1. The first kappa shape index (κ1) is 31.3. The van der Waals surface area contributed by atoms with Gasteiger partial charge in [-0.15, -0.1) is 9.45 Å². The Balaban J connectivity index is 0.00000168. The summed E-state index contributed by atoms with van der Waals surface area (Å²) < 4.78 is 37.6. The van der Waals surface area contributed by atoms with Gasteiger partial charge in [-0.2, -0.15) is 13.5 Å². The van der Waals surface area contributed by atoms with E-state index in [-0.39, 0.29) is 16.5 Å². The standard InChI is InChI=1S/C16H13N3O7S2.3C2H6/c17-12-8-11(27-26-25-21)6-9-7-13(28(22,23)24)15(16(20)14(9)12)19-18-10-4-2-1-3-5-10;3*1-2/h1-8,20-21H,17H2,(H,22,23,24);3*1-2H3. The van der Waals surface area contributed by atoms with Crippen molar-refractivity contribution in [1.29, 1.82) is 0 Å².